The summed E-state index contributed by atoms with van der Waals surface area (Å²) in [5.74, 6) is -1.77. The molecule has 20 heavy (non-hydrogen) atoms. The molecule has 0 aromatic rings. The number of hydrogen-bond donors (Lipinski definition) is 6. The van der Waals surface area contributed by atoms with E-state index in [0.717, 1.165) is 0 Å². The van der Waals surface area contributed by atoms with Crippen molar-refractivity contribution in [1.82, 2.24) is 10.6 Å². The SMILES string of the molecule is N=C(N)OC(=O)NC(=O)CCC(=O)NC(=O)OC(=N)N. The lowest BCUT2D eigenvalue weighted by atomic mass is 10.3. The van der Waals surface area contributed by atoms with Gasteiger partial charge in [-0.2, -0.15) is 0 Å². The zero-order valence-electron chi connectivity index (χ0n) is 10.0. The second-order valence-electron chi connectivity index (χ2n) is 3.10. The molecule has 0 aromatic carbocycles. The molecule has 12 heteroatoms. The van der Waals surface area contributed by atoms with Crippen LogP contribution in [0.1, 0.15) is 12.8 Å². The number of hydrogen-bond acceptors (Lipinski definition) is 8. The predicted octanol–water partition coefficient (Wildman–Crippen LogP) is -1.94. The Morgan fingerprint density at radius 3 is 1.35 bits per heavy atom. The molecule has 110 valence electrons. The maximum atomic E-state index is 11.1. The Morgan fingerprint density at radius 1 is 0.800 bits per heavy atom. The second kappa shape index (κ2) is 8.02. The van der Waals surface area contributed by atoms with Crippen LogP contribution >= 0.6 is 0 Å². The number of carbonyl (C=O) groups excluding carboxylic acids is 4. The summed E-state index contributed by atoms with van der Waals surface area (Å²) in [7, 11) is 0. The van der Waals surface area contributed by atoms with Crippen LogP contribution in [-0.4, -0.2) is 36.0 Å². The third-order valence-corrected chi connectivity index (χ3v) is 1.47. The van der Waals surface area contributed by atoms with E-state index in [1.807, 2.05) is 0 Å². The van der Waals surface area contributed by atoms with Crippen molar-refractivity contribution in [2.24, 2.45) is 11.5 Å². The van der Waals surface area contributed by atoms with Crippen molar-refractivity contribution in [3.05, 3.63) is 0 Å². The van der Waals surface area contributed by atoms with E-state index in [9.17, 15) is 19.2 Å². The summed E-state index contributed by atoms with van der Waals surface area (Å²) in [5, 5.41) is 16.6. The van der Waals surface area contributed by atoms with Crippen LogP contribution in [0.15, 0.2) is 0 Å². The molecule has 0 aliphatic heterocycles. The van der Waals surface area contributed by atoms with E-state index in [4.69, 9.17) is 22.3 Å². The van der Waals surface area contributed by atoms with Crippen LogP contribution in [0.25, 0.3) is 0 Å². The van der Waals surface area contributed by atoms with Crippen LogP contribution < -0.4 is 22.1 Å². The van der Waals surface area contributed by atoms with Gasteiger partial charge in [-0.25, -0.2) is 9.59 Å². The summed E-state index contributed by atoms with van der Waals surface area (Å²) < 4.78 is 8.03. The Labute approximate surface area is 111 Å². The summed E-state index contributed by atoms with van der Waals surface area (Å²) in [6.07, 6.45) is -3.41. The van der Waals surface area contributed by atoms with Crippen molar-refractivity contribution in [1.29, 1.82) is 10.8 Å². The number of ether oxygens (including phenoxy) is 2. The monoisotopic (exact) mass is 288 g/mol. The van der Waals surface area contributed by atoms with E-state index in [1.165, 1.54) is 0 Å². The number of nitrogens with two attached hydrogens (primary N) is 2. The smallest absolute Gasteiger partial charge is 0.376 e. The Kier molecular flexibility index (Phi) is 6.74. The summed E-state index contributed by atoms with van der Waals surface area (Å²) in [6, 6.07) is -1.81. The number of amidine groups is 2. The van der Waals surface area contributed by atoms with E-state index in [0.29, 0.717) is 0 Å². The molecule has 0 saturated heterocycles. The Bertz CT molecular complexity index is 418. The van der Waals surface area contributed by atoms with Crippen LogP contribution in [0.5, 0.6) is 0 Å². The van der Waals surface area contributed by atoms with Gasteiger partial charge in [-0.1, -0.05) is 0 Å². The zero-order valence-corrected chi connectivity index (χ0v) is 10.0. The van der Waals surface area contributed by atoms with Gasteiger partial charge in [0, 0.05) is 12.8 Å². The molecule has 12 nitrogen and oxygen atoms in total. The van der Waals surface area contributed by atoms with Crippen molar-refractivity contribution in [3.8, 4) is 0 Å². The summed E-state index contributed by atoms with van der Waals surface area (Å²) in [6.45, 7) is 0. The molecular weight excluding hydrogens is 276 g/mol. The Morgan fingerprint density at radius 2 is 1.10 bits per heavy atom. The van der Waals surface area contributed by atoms with Crippen molar-refractivity contribution in [2.75, 3.05) is 0 Å². The van der Waals surface area contributed by atoms with Crippen molar-refractivity contribution < 1.29 is 28.7 Å². The maximum Gasteiger partial charge on any atom is 0.421 e. The average Bonchev–Trinajstić information content (AvgIpc) is 2.23. The highest BCUT2D eigenvalue weighted by atomic mass is 16.6. The number of alkyl carbamates (subject to hydrolysis) is 2. The molecule has 0 atom stereocenters. The molecule has 0 radical (unpaired) electrons. The number of imide groups is 2. The van der Waals surface area contributed by atoms with Gasteiger partial charge in [0.25, 0.3) is 12.0 Å². The van der Waals surface area contributed by atoms with Crippen LogP contribution in [0.2, 0.25) is 0 Å². The van der Waals surface area contributed by atoms with Gasteiger partial charge in [0.1, 0.15) is 0 Å². The van der Waals surface area contributed by atoms with E-state index < -0.39 is 48.9 Å². The molecule has 8 N–H and O–H groups in total. The van der Waals surface area contributed by atoms with Gasteiger partial charge in [0.2, 0.25) is 11.8 Å². The van der Waals surface area contributed by atoms with Gasteiger partial charge in [0.05, 0.1) is 0 Å². The van der Waals surface area contributed by atoms with E-state index in [1.54, 1.807) is 10.6 Å². The van der Waals surface area contributed by atoms with Crippen LogP contribution in [0, 0.1) is 10.8 Å². The molecule has 0 aliphatic carbocycles. The highest BCUT2D eigenvalue weighted by Crippen LogP contribution is 1.91. The molecule has 0 aliphatic rings. The van der Waals surface area contributed by atoms with Gasteiger partial charge in [-0.05, 0) is 0 Å². The van der Waals surface area contributed by atoms with Gasteiger partial charge in [-0.3, -0.25) is 31.0 Å². The van der Waals surface area contributed by atoms with Crippen LogP contribution in [0.3, 0.4) is 0 Å². The topological polar surface area (TPSA) is 211 Å². The first-order valence-corrected chi connectivity index (χ1v) is 4.92. The minimum atomic E-state index is -1.26. The number of nitrogens with one attached hydrogen (secondary N) is 4. The highest BCUT2D eigenvalue weighted by Gasteiger charge is 2.14. The van der Waals surface area contributed by atoms with Crippen molar-refractivity contribution >= 4 is 36.0 Å². The fourth-order valence-corrected chi connectivity index (χ4v) is 0.830. The highest BCUT2D eigenvalue weighted by molar-refractivity contribution is 5.99. The average molecular weight is 288 g/mol. The first-order valence-electron chi connectivity index (χ1n) is 4.92. The maximum absolute atomic E-state index is 11.1. The minimum absolute atomic E-state index is 0.438. The zero-order chi connectivity index (χ0) is 15.7. The fourth-order valence-electron chi connectivity index (χ4n) is 0.830. The predicted molar refractivity (Wildman–Crippen MR) is 62.3 cm³/mol. The molecule has 0 aromatic heterocycles. The lowest BCUT2D eigenvalue weighted by Crippen LogP contribution is -2.37. The van der Waals surface area contributed by atoms with Crippen molar-refractivity contribution in [3.63, 3.8) is 0 Å². The molecule has 0 rings (SSSR count). The Hall–Kier alpha value is -3.18. The summed E-state index contributed by atoms with van der Waals surface area (Å²) in [4.78, 5) is 43.9. The molecule has 4 amide bonds. The van der Waals surface area contributed by atoms with Gasteiger partial charge in [-0.15, -0.1) is 0 Å². The molecule has 0 fully saturated rings. The molecule has 0 heterocycles. The molecule has 0 saturated carbocycles. The van der Waals surface area contributed by atoms with Crippen molar-refractivity contribution in [2.45, 2.75) is 12.8 Å². The van der Waals surface area contributed by atoms with Gasteiger partial charge in [0.15, 0.2) is 0 Å². The first-order chi connectivity index (χ1) is 9.20. The normalized spacial score (nSPS) is 9.00. The molecular formula is C8H12N6O6. The van der Waals surface area contributed by atoms with E-state index >= 15 is 0 Å². The fraction of sp³-hybridized carbons (Fsp3) is 0.250. The first kappa shape index (κ1) is 16.8. The van der Waals surface area contributed by atoms with Crippen LogP contribution in [-0.2, 0) is 19.1 Å². The quantitative estimate of drug-likeness (QED) is 0.253. The minimum Gasteiger partial charge on any atom is -0.376 e. The summed E-state index contributed by atoms with van der Waals surface area (Å²) in [5.41, 5.74) is 9.46. The molecule has 0 spiro atoms. The number of amides is 4. The molecule has 0 unspecified atom stereocenters. The van der Waals surface area contributed by atoms with E-state index in [-0.39, 0.29) is 0 Å². The van der Waals surface area contributed by atoms with Crippen LogP contribution in [0.4, 0.5) is 9.59 Å². The lowest BCUT2D eigenvalue weighted by Gasteiger charge is -2.04. The Balaban J connectivity index is 3.97. The molecule has 0 bridgehead atoms. The standard InChI is InChI=1S/C8H12N6O6/c9-5(10)19-7(17)13-3(15)1-2-4(16)14-8(18)20-6(11)12/h1-2H2,(H3,9,10)(H3,11,12)(H,13,15,17)(H,14,16,18). The largest absolute Gasteiger partial charge is 0.421 e. The van der Waals surface area contributed by atoms with Gasteiger partial charge >= 0.3 is 12.2 Å². The lowest BCUT2D eigenvalue weighted by molar-refractivity contribution is -0.125. The van der Waals surface area contributed by atoms with E-state index in [2.05, 4.69) is 9.47 Å². The second-order valence-corrected chi connectivity index (χ2v) is 3.10. The third-order valence-electron chi connectivity index (χ3n) is 1.47. The van der Waals surface area contributed by atoms with Gasteiger partial charge < -0.3 is 20.9 Å². The number of rotatable bonds is 3. The number of carbonyl (C=O) groups is 4. The summed E-state index contributed by atoms with van der Waals surface area (Å²) >= 11 is 0. The third kappa shape index (κ3) is 8.91.